The van der Waals surface area contributed by atoms with Crippen molar-refractivity contribution >= 4 is 11.7 Å². The maximum absolute atomic E-state index is 12.8. The number of aliphatic hydroxyl groups is 2. The van der Waals surface area contributed by atoms with Gasteiger partial charge in [0.1, 0.15) is 0 Å². The maximum atomic E-state index is 12.8. The van der Waals surface area contributed by atoms with Crippen molar-refractivity contribution in [2.45, 2.75) is 12.3 Å². The lowest BCUT2D eigenvalue weighted by Gasteiger charge is -2.16. The zero-order chi connectivity index (χ0) is 14.6. The normalized spacial score (nSPS) is 13.1. The van der Waals surface area contributed by atoms with Gasteiger partial charge in [0.25, 0.3) is 0 Å². The molecule has 0 saturated heterocycles. The number of aromatic carboxylic acids is 1. The van der Waals surface area contributed by atoms with E-state index in [9.17, 15) is 18.0 Å². The molecule has 0 fully saturated rings. The zero-order valence-electron chi connectivity index (χ0n) is 9.61. The van der Waals surface area contributed by atoms with Gasteiger partial charge in [0.15, 0.2) is 0 Å². The predicted octanol–water partition coefficient (Wildman–Crippen LogP) is 1.17. The lowest BCUT2D eigenvalue weighted by atomic mass is 10.1. The van der Waals surface area contributed by atoms with Gasteiger partial charge in [-0.1, -0.05) is 0 Å². The SMILES string of the molecule is O=C(O)c1ccc(NCC(O)CO)c(C(F)(F)F)c1. The van der Waals surface area contributed by atoms with E-state index in [1.807, 2.05) is 0 Å². The molecule has 0 aromatic heterocycles. The van der Waals surface area contributed by atoms with E-state index in [2.05, 4.69) is 5.32 Å². The molecule has 5 nitrogen and oxygen atoms in total. The summed E-state index contributed by atoms with van der Waals surface area (Å²) in [5.74, 6) is -1.47. The molecule has 4 N–H and O–H groups in total. The molecular formula is C11H12F3NO4. The number of halogens is 3. The molecule has 1 aromatic rings. The quantitative estimate of drug-likeness (QED) is 0.649. The molecule has 1 aromatic carbocycles. The van der Waals surface area contributed by atoms with Gasteiger partial charge in [0.05, 0.1) is 23.8 Å². The first-order valence-corrected chi connectivity index (χ1v) is 5.23. The molecule has 0 spiro atoms. The van der Waals surface area contributed by atoms with Gasteiger partial charge in [0.2, 0.25) is 0 Å². The van der Waals surface area contributed by atoms with Crippen molar-refractivity contribution in [1.82, 2.24) is 0 Å². The van der Waals surface area contributed by atoms with Gasteiger partial charge in [-0.05, 0) is 18.2 Å². The topological polar surface area (TPSA) is 89.8 Å². The first-order valence-electron chi connectivity index (χ1n) is 5.23. The van der Waals surface area contributed by atoms with Gasteiger partial charge in [-0.25, -0.2) is 4.79 Å². The van der Waals surface area contributed by atoms with Crippen molar-refractivity contribution in [3.63, 3.8) is 0 Å². The Morgan fingerprint density at radius 1 is 1.37 bits per heavy atom. The summed E-state index contributed by atoms with van der Waals surface area (Å²) < 4.78 is 38.3. The van der Waals surface area contributed by atoms with E-state index in [-0.39, 0.29) is 12.2 Å². The van der Waals surface area contributed by atoms with Crippen LogP contribution in [0.1, 0.15) is 15.9 Å². The smallest absolute Gasteiger partial charge is 0.418 e. The minimum Gasteiger partial charge on any atom is -0.478 e. The molecule has 19 heavy (non-hydrogen) atoms. The Hall–Kier alpha value is -1.80. The average molecular weight is 279 g/mol. The van der Waals surface area contributed by atoms with Crippen LogP contribution in [-0.4, -0.2) is 40.5 Å². The molecule has 1 unspecified atom stereocenters. The third-order valence-corrected chi connectivity index (χ3v) is 2.31. The standard InChI is InChI=1S/C11H12F3NO4/c12-11(13,14)8-3-6(10(18)19)1-2-9(8)15-4-7(17)5-16/h1-3,7,15-17H,4-5H2,(H,18,19). The van der Waals surface area contributed by atoms with E-state index < -0.39 is 36.0 Å². The van der Waals surface area contributed by atoms with Gasteiger partial charge in [-0.15, -0.1) is 0 Å². The number of rotatable bonds is 5. The minimum absolute atomic E-state index is 0.286. The zero-order valence-corrected chi connectivity index (χ0v) is 9.61. The van der Waals surface area contributed by atoms with Crippen molar-refractivity contribution in [3.8, 4) is 0 Å². The van der Waals surface area contributed by atoms with E-state index in [0.717, 1.165) is 12.1 Å². The molecule has 1 atom stereocenters. The third-order valence-electron chi connectivity index (χ3n) is 2.31. The monoisotopic (exact) mass is 279 g/mol. The van der Waals surface area contributed by atoms with E-state index in [1.54, 1.807) is 0 Å². The Kier molecular flexibility index (Phi) is 4.73. The second-order valence-electron chi connectivity index (χ2n) is 3.78. The number of aliphatic hydroxyl groups excluding tert-OH is 2. The molecule has 0 aliphatic heterocycles. The summed E-state index contributed by atoms with van der Waals surface area (Å²) in [7, 11) is 0. The molecule has 1 rings (SSSR count). The van der Waals surface area contributed by atoms with Crippen molar-refractivity contribution < 1.29 is 33.3 Å². The van der Waals surface area contributed by atoms with Crippen LogP contribution in [0.3, 0.4) is 0 Å². The number of carboxylic acid groups (broad SMARTS) is 1. The van der Waals surface area contributed by atoms with Crippen LogP contribution < -0.4 is 5.32 Å². The second-order valence-corrected chi connectivity index (χ2v) is 3.78. The first kappa shape index (κ1) is 15.3. The van der Waals surface area contributed by atoms with Crippen molar-refractivity contribution in [1.29, 1.82) is 0 Å². The third kappa shape index (κ3) is 4.11. The number of alkyl halides is 3. The molecule has 8 heteroatoms. The van der Waals surface area contributed by atoms with Crippen LogP contribution in [0.15, 0.2) is 18.2 Å². The fraction of sp³-hybridized carbons (Fsp3) is 0.364. The molecule has 0 heterocycles. The average Bonchev–Trinajstić information content (AvgIpc) is 2.34. The summed E-state index contributed by atoms with van der Waals surface area (Å²) in [4.78, 5) is 10.6. The highest BCUT2D eigenvalue weighted by Crippen LogP contribution is 2.35. The molecule has 0 aliphatic rings. The van der Waals surface area contributed by atoms with Gasteiger partial charge in [-0.2, -0.15) is 13.2 Å². The number of hydrogen-bond acceptors (Lipinski definition) is 4. The molecule has 0 radical (unpaired) electrons. The number of anilines is 1. The summed E-state index contributed by atoms with van der Waals surface area (Å²) in [5.41, 5.74) is -1.98. The minimum atomic E-state index is -4.72. The molecule has 106 valence electrons. The summed E-state index contributed by atoms with van der Waals surface area (Å²) >= 11 is 0. The number of carbonyl (C=O) groups is 1. The number of nitrogens with one attached hydrogen (secondary N) is 1. The second kappa shape index (κ2) is 5.89. The van der Waals surface area contributed by atoms with Gasteiger partial charge < -0.3 is 20.6 Å². The Morgan fingerprint density at radius 3 is 2.47 bits per heavy atom. The van der Waals surface area contributed by atoms with Gasteiger partial charge in [0, 0.05) is 12.2 Å². The van der Waals surface area contributed by atoms with Crippen LogP contribution in [0.4, 0.5) is 18.9 Å². The first-order chi connectivity index (χ1) is 8.75. The number of hydrogen-bond donors (Lipinski definition) is 4. The van der Waals surface area contributed by atoms with Gasteiger partial charge >= 0.3 is 12.1 Å². The lowest BCUT2D eigenvalue weighted by molar-refractivity contribution is -0.137. The van der Waals surface area contributed by atoms with Crippen LogP contribution in [0.5, 0.6) is 0 Å². The summed E-state index contributed by atoms with van der Waals surface area (Å²) in [5, 5.41) is 28.6. The van der Waals surface area contributed by atoms with E-state index in [0.29, 0.717) is 6.07 Å². The van der Waals surface area contributed by atoms with Crippen LogP contribution in [0.2, 0.25) is 0 Å². The molecule has 0 aliphatic carbocycles. The lowest BCUT2D eigenvalue weighted by Crippen LogP contribution is -2.24. The van der Waals surface area contributed by atoms with E-state index in [4.69, 9.17) is 15.3 Å². The number of carboxylic acids is 1. The molecule has 0 bridgehead atoms. The van der Waals surface area contributed by atoms with Crippen LogP contribution in [0.25, 0.3) is 0 Å². The summed E-state index contributed by atoms with van der Waals surface area (Å²) in [6, 6.07) is 2.50. The van der Waals surface area contributed by atoms with Crippen LogP contribution in [-0.2, 0) is 6.18 Å². The predicted molar refractivity (Wildman–Crippen MR) is 60.0 cm³/mol. The summed E-state index contributed by atoms with van der Waals surface area (Å²) in [6.45, 7) is -0.881. The highest BCUT2D eigenvalue weighted by molar-refractivity contribution is 5.88. The van der Waals surface area contributed by atoms with E-state index >= 15 is 0 Å². The van der Waals surface area contributed by atoms with Crippen LogP contribution in [0, 0.1) is 0 Å². The van der Waals surface area contributed by atoms with Crippen molar-refractivity contribution in [3.05, 3.63) is 29.3 Å². The molecule has 0 saturated carbocycles. The maximum Gasteiger partial charge on any atom is 0.418 e. The Labute approximate surface area is 106 Å². The van der Waals surface area contributed by atoms with E-state index in [1.165, 1.54) is 0 Å². The molecular weight excluding hydrogens is 267 g/mol. The van der Waals surface area contributed by atoms with Crippen LogP contribution >= 0.6 is 0 Å². The molecule has 0 amide bonds. The van der Waals surface area contributed by atoms with Crippen molar-refractivity contribution in [2.24, 2.45) is 0 Å². The largest absolute Gasteiger partial charge is 0.478 e. The number of benzene rings is 1. The fourth-order valence-corrected chi connectivity index (χ4v) is 1.36. The Morgan fingerprint density at radius 2 is 2.00 bits per heavy atom. The van der Waals surface area contributed by atoms with Gasteiger partial charge in [-0.3, -0.25) is 0 Å². The fourth-order valence-electron chi connectivity index (χ4n) is 1.36. The highest BCUT2D eigenvalue weighted by Gasteiger charge is 2.34. The highest BCUT2D eigenvalue weighted by atomic mass is 19.4. The van der Waals surface area contributed by atoms with Crippen molar-refractivity contribution in [2.75, 3.05) is 18.5 Å². The summed E-state index contributed by atoms with van der Waals surface area (Å²) in [6.07, 6.45) is -5.93. The Balaban J connectivity index is 3.06. The Bertz CT molecular complexity index is 462.